The highest BCUT2D eigenvalue weighted by Crippen LogP contribution is 2.28. The summed E-state index contributed by atoms with van der Waals surface area (Å²) in [4.78, 5) is 0. The molecular formula is C44H92N2O2. The van der Waals surface area contributed by atoms with Crippen LogP contribution >= 0.6 is 0 Å². The molecule has 0 radical (unpaired) electrons. The van der Waals surface area contributed by atoms with Crippen LogP contribution in [0, 0.1) is 0 Å². The summed E-state index contributed by atoms with van der Waals surface area (Å²) in [6.45, 7) is 5.39. The van der Waals surface area contributed by atoms with E-state index in [0.29, 0.717) is 0 Å². The Balaban J connectivity index is 4.34. The first-order valence-electron chi connectivity index (χ1n) is 22.4. The molecule has 0 heterocycles. The Morgan fingerprint density at radius 1 is 0.354 bits per heavy atom. The van der Waals surface area contributed by atoms with Crippen LogP contribution in [0.15, 0.2) is 0 Å². The van der Waals surface area contributed by atoms with E-state index in [1.54, 1.807) is 0 Å². The number of aliphatic hydroxyl groups excluding tert-OH is 2. The molecule has 0 aromatic heterocycles. The Kier molecular flexibility index (Phi) is 38.0. The number of aliphatic hydroxyl groups is 2. The first-order chi connectivity index (χ1) is 23.5. The van der Waals surface area contributed by atoms with Gasteiger partial charge in [-0.1, -0.05) is 232 Å². The first kappa shape index (κ1) is 47.8. The summed E-state index contributed by atoms with van der Waals surface area (Å²) in [6, 6.07) is 0. The number of hydrogen-bond acceptors (Lipinski definition) is 4. The van der Waals surface area contributed by atoms with Crippen molar-refractivity contribution in [2.24, 2.45) is 11.5 Å². The molecule has 0 aliphatic heterocycles. The van der Waals surface area contributed by atoms with Crippen molar-refractivity contribution in [2.45, 2.75) is 276 Å². The van der Waals surface area contributed by atoms with Crippen molar-refractivity contribution in [1.29, 1.82) is 0 Å². The molecule has 0 aromatic carbocycles. The summed E-state index contributed by atoms with van der Waals surface area (Å²) in [5, 5.41) is 22.7. The molecule has 0 aliphatic rings. The lowest BCUT2D eigenvalue weighted by Crippen LogP contribution is -2.59. The van der Waals surface area contributed by atoms with E-state index in [4.69, 9.17) is 11.5 Å². The molecule has 0 spiro atoms. The van der Waals surface area contributed by atoms with Crippen molar-refractivity contribution < 1.29 is 10.2 Å². The van der Waals surface area contributed by atoms with E-state index in [1.807, 2.05) is 0 Å². The summed E-state index contributed by atoms with van der Waals surface area (Å²) >= 11 is 0. The van der Waals surface area contributed by atoms with E-state index in [0.717, 1.165) is 57.9 Å². The summed E-state index contributed by atoms with van der Waals surface area (Å²) in [5.74, 6) is 0. The van der Waals surface area contributed by atoms with E-state index in [9.17, 15) is 10.2 Å². The fourth-order valence-electron chi connectivity index (χ4n) is 7.62. The van der Waals surface area contributed by atoms with Crippen molar-refractivity contribution in [3.63, 3.8) is 0 Å². The lowest BCUT2D eigenvalue weighted by atomic mass is 9.78. The highest BCUT2D eigenvalue weighted by molar-refractivity contribution is 4.97. The van der Waals surface area contributed by atoms with Crippen molar-refractivity contribution in [3.8, 4) is 0 Å². The van der Waals surface area contributed by atoms with Crippen LogP contribution in [-0.2, 0) is 0 Å². The largest absolute Gasteiger partial charge is 0.391 e. The lowest BCUT2D eigenvalue weighted by molar-refractivity contribution is -0.0258. The van der Waals surface area contributed by atoms with Crippen molar-refractivity contribution in [2.75, 3.05) is 6.54 Å². The van der Waals surface area contributed by atoms with Gasteiger partial charge in [0.2, 0.25) is 0 Å². The molecule has 0 fully saturated rings. The zero-order valence-electron chi connectivity index (χ0n) is 33.3. The smallest absolute Gasteiger partial charge is 0.0745 e. The van der Waals surface area contributed by atoms with Crippen LogP contribution in [0.25, 0.3) is 0 Å². The van der Waals surface area contributed by atoms with E-state index in [2.05, 4.69) is 13.8 Å². The van der Waals surface area contributed by atoms with Crippen LogP contribution in [0.2, 0.25) is 0 Å². The zero-order chi connectivity index (χ0) is 35.2. The second-order valence-electron chi connectivity index (χ2n) is 15.9. The van der Waals surface area contributed by atoms with Crippen LogP contribution in [0.4, 0.5) is 0 Å². The maximum Gasteiger partial charge on any atom is 0.0745 e. The summed E-state index contributed by atoms with van der Waals surface area (Å²) in [6.07, 6.45) is 46.6. The Morgan fingerprint density at radius 3 is 0.854 bits per heavy atom. The van der Waals surface area contributed by atoms with Gasteiger partial charge >= 0.3 is 0 Å². The Morgan fingerprint density at radius 2 is 0.583 bits per heavy atom. The normalized spacial score (nSPS) is 14.4. The molecule has 0 aromatic rings. The standard InChI is InChI=1S/C44H92N2O2/c1-3-5-7-9-11-13-15-17-19-22-26-30-34-38-42(47)44(46,40-36-32-28-24-21-25-29-33-37-41-45)43(48)39-35-31-27-23-20-18-16-14-12-10-8-6-4-2/h42-43,47-48H,3-41,45-46H2,1-2H3. The van der Waals surface area contributed by atoms with Crippen LogP contribution < -0.4 is 11.5 Å². The maximum atomic E-state index is 11.4. The lowest BCUT2D eigenvalue weighted by Gasteiger charge is -2.39. The van der Waals surface area contributed by atoms with Crippen molar-refractivity contribution in [3.05, 3.63) is 0 Å². The number of hydrogen-bond donors (Lipinski definition) is 4. The topological polar surface area (TPSA) is 92.5 Å². The minimum Gasteiger partial charge on any atom is -0.391 e. The van der Waals surface area contributed by atoms with Crippen molar-refractivity contribution in [1.82, 2.24) is 0 Å². The van der Waals surface area contributed by atoms with Gasteiger partial charge < -0.3 is 21.7 Å². The van der Waals surface area contributed by atoms with Gasteiger partial charge in [0.25, 0.3) is 0 Å². The van der Waals surface area contributed by atoms with Gasteiger partial charge in [-0.2, -0.15) is 0 Å². The molecule has 0 aliphatic carbocycles. The van der Waals surface area contributed by atoms with Crippen LogP contribution in [-0.4, -0.2) is 34.5 Å². The van der Waals surface area contributed by atoms with Crippen molar-refractivity contribution >= 4 is 0 Å². The second-order valence-corrected chi connectivity index (χ2v) is 15.9. The minimum atomic E-state index is -0.865. The van der Waals surface area contributed by atoms with Gasteiger partial charge in [0.1, 0.15) is 0 Å². The van der Waals surface area contributed by atoms with Gasteiger partial charge in [0.15, 0.2) is 0 Å². The van der Waals surface area contributed by atoms with Crippen LogP contribution in [0.1, 0.15) is 258 Å². The van der Waals surface area contributed by atoms with Gasteiger partial charge in [0.05, 0.1) is 17.7 Å². The Bertz CT molecular complexity index is 564. The third-order valence-electron chi connectivity index (χ3n) is 11.2. The summed E-state index contributed by atoms with van der Waals surface area (Å²) in [7, 11) is 0. The predicted octanol–water partition coefficient (Wildman–Crippen LogP) is 13.2. The molecule has 0 rings (SSSR count). The van der Waals surface area contributed by atoms with E-state index in [-0.39, 0.29) is 0 Å². The van der Waals surface area contributed by atoms with Crippen LogP contribution in [0.5, 0.6) is 0 Å². The van der Waals surface area contributed by atoms with Gasteiger partial charge in [0, 0.05) is 0 Å². The molecule has 0 amide bonds. The van der Waals surface area contributed by atoms with E-state index < -0.39 is 17.7 Å². The predicted molar refractivity (Wildman–Crippen MR) is 215 cm³/mol. The zero-order valence-corrected chi connectivity index (χ0v) is 33.3. The minimum absolute atomic E-state index is 0.607. The molecular weight excluding hydrogens is 588 g/mol. The van der Waals surface area contributed by atoms with Gasteiger partial charge in [-0.05, 0) is 32.2 Å². The van der Waals surface area contributed by atoms with Gasteiger partial charge in [-0.25, -0.2) is 0 Å². The number of rotatable bonds is 41. The molecule has 4 nitrogen and oxygen atoms in total. The quantitative estimate of drug-likeness (QED) is 0.0484. The maximum absolute atomic E-state index is 11.4. The molecule has 0 bridgehead atoms. The molecule has 290 valence electrons. The fraction of sp³-hybridized carbons (Fsp3) is 1.00. The third-order valence-corrected chi connectivity index (χ3v) is 11.2. The van der Waals surface area contributed by atoms with Gasteiger partial charge in [-0.15, -0.1) is 0 Å². The Hall–Kier alpha value is -0.160. The fourth-order valence-corrected chi connectivity index (χ4v) is 7.62. The molecule has 48 heavy (non-hydrogen) atoms. The monoisotopic (exact) mass is 681 g/mol. The van der Waals surface area contributed by atoms with E-state index in [1.165, 1.54) is 193 Å². The molecule has 2 unspecified atom stereocenters. The van der Waals surface area contributed by atoms with Crippen LogP contribution in [0.3, 0.4) is 0 Å². The average molecular weight is 681 g/mol. The van der Waals surface area contributed by atoms with Gasteiger partial charge in [-0.3, -0.25) is 0 Å². The molecule has 4 heteroatoms. The summed E-state index contributed by atoms with van der Waals surface area (Å²) in [5.41, 5.74) is 11.7. The average Bonchev–Trinajstić information content (AvgIpc) is 3.09. The Labute approximate surface area is 303 Å². The second kappa shape index (κ2) is 38.1. The number of unbranched alkanes of at least 4 members (excludes halogenated alkanes) is 32. The number of nitrogens with two attached hydrogens (primary N) is 2. The van der Waals surface area contributed by atoms with E-state index >= 15 is 0 Å². The summed E-state index contributed by atoms with van der Waals surface area (Å²) < 4.78 is 0. The molecule has 6 N–H and O–H groups in total. The molecule has 2 atom stereocenters. The SMILES string of the molecule is CCCCCCCCCCCCCCCC(O)C(N)(CCCCCCCCCCCN)C(O)CCCCCCCCCCCCCCC. The highest BCUT2D eigenvalue weighted by atomic mass is 16.3. The molecule has 0 saturated carbocycles. The third kappa shape index (κ3) is 30.6. The first-order valence-corrected chi connectivity index (χ1v) is 22.4. The molecule has 0 saturated heterocycles. The highest BCUT2D eigenvalue weighted by Gasteiger charge is 2.39.